The van der Waals surface area contributed by atoms with Gasteiger partial charge in [-0.15, -0.1) is 0 Å². The summed E-state index contributed by atoms with van der Waals surface area (Å²) in [4.78, 5) is 23.2. The first-order valence-corrected chi connectivity index (χ1v) is 8.34. The third-order valence-electron chi connectivity index (χ3n) is 4.26. The minimum absolute atomic E-state index is 0.229. The van der Waals surface area contributed by atoms with Gasteiger partial charge in [0.15, 0.2) is 6.10 Å². The van der Waals surface area contributed by atoms with Gasteiger partial charge >= 0.3 is 5.97 Å². The molecule has 5 unspecified atom stereocenters. The summed E-state index contributed by atoms with van der Waals surface area (Å²) in [6, 6.07) is 0. The van der Waals surface area contributed by atoms with E-state index in [2.05, 4.69) is 11.9 Å². The van der Waals surface area contributed by atoms with E-state index in [0.29, 0.717) is 0 Å². The van der Waals surface area contributed by atoms with Crippen LogP contribution in [0.3, 0.4) is 0 Å². The standard InChI is InChI=1S/C13H17NO7S/c1-6(2)12(16)14-5-8(15)19-11-10-9-7(22(17,18)21-10)4-13(11,3)20-9/h7,9-11H,1,4-5H2,2-3H3,(H,14,16). The van der Waals surface area contributed by atoms with Crippen LogP contribution < -0.4 is 5.32 Å². The number of rotatable bonds is 4. The Morgan fingerprint density at radius 3 is 2.73 bits per heavy atom. The molecule has 9 heteroatoms. The van der Waals surface area contributed by atoms with Gasteiger partial charge in [-0.25, -0.2) is 0 Å². The molecule has 3 fully saturated rings. The van der Waals surface area contributed by atoms with Crippen LogP contribution in [0.4, 0.5) is 0 Å². The highest BCUT2D eigenvalue weighted by Crippen LogP contribution is 2.53. The van der Waals surface area contributed by atoms with Crippen molar-refractivity contribution in [2.75, 3.05) is 6.54 Å². The van der Waals surface area contributed by atoms with E-state index in [-0.39, 0.29) is 18.5 Å². The molecule has 5 atom stereocenters. The normalized spacial score (nSPS) is 40.5. The van der Waals surface area contributed by atoms with Gasteiger partial charge in [0.25, 0.3) is 10.1 Å². The number of ether oxygens (including phenoxy) is 2. The molecule has 3 saturated heterocycles. The van der Waals surface area contributed by atoms with E-state index in [1.807, 2.05) is 0 Å². The van der Waals surface area contributed by atoms with Crippen LogP contribution in [0.15, 0.2) is 12.2 Å². The van der Waals surface area contributed by atoms with Gasteiger partial charge in [0.05, 0.1) is 0 Å². The molecule has 0 aromatic carbocycles. The summed E-state index contributed by atoms with van der Waals surface area (Å²) in [6.45, 7) is 6.35. The number of carbonyl (C=O) groups is 2. The molecular weight excluding hydrogens is 314 g/mol. The first-order chi connectivity index (χ1) is 10.1. The molecule has 1 amide bonds. The van der Waals surface area contributed by atoms with Crippen molar-refractivity contribution in [2.45, 2.75) is 49.4 Å². The third kappa shape index (κ3) is 2.24. The summed E-state index contributed by atoms with van der Waals surface area (Å²) in [5.41, 5.74) is -0.603. The third-order valence-corrected chi connectivity index (χ3v) is 5.92. The topological polar surface area (TPSA) is 108 Å². The lowest BCUT2D eigenvalue weighted by Crippen LogP contribution is -2.48. The van der Waals surface area contributed by atoms with Crippen LogP contribution in [0.5, 0.6) is 0 Å². The Hall–Kier alpha value is -1.45. The zero-order chi connectivity index (χ0) is 16.3. The van der Waals surface area contributed by atoms with Gasteiger partial charge in [-0.1, -0.05) is 6.58 Å². The summed E-state index contributed by atoms with van der Waals surface area (Å²) in [7, 11) is -3.67. The number of esters is 1. The van der Waals surface area contributed by atoms with E-state index in [1.165, 1.54) is 6.92 Å². The van der Waals surface area contributed by atoms with E-state index in [4.69, 9.17) is 13.7 Å². The Morgan fingerprint density at radius 2 is 2.09 bits per heavy atom. The average molecular weight is 331 g/mol. The predicted molar refractivity (Wildman–Crippen MR) is 73.2 cm³/mol. The quantitative estimate of drug-likeness (QED) is 0.410. The van der Waals surface area contributed by atoms with Crippen LogP contribution >= 0.6 is 0 Å². The molecule has 2 bridgehead atoms. The minimum atomic E-state index is -3.67. The minimum Gasteiger partial charge on any atom is -0.455 e. The number of hydrogen-bond donors (Lipinski definition) is 1. The predicted octanol–water partition coefficient (Wildman–Crippen LogP) is -0.751. The lowest BCUT2D eigenvalue weighted by atomic mass is 9.85. The van der Waals surface area contributed by atoms with E-state index < -0.39 is 51.2 Å². The Labute approximate surface area is 127 Å². The average Bonchev–Trinajstić information content (AvgIpc) is 2.94. The number of hydrogen-bond acceptors (Lipinski definition) is 7. The zero-order valence-electron chi connectivity index (χ0n) is 12.2. The van der Waals surface area contributed by atoms with E-state index in [1.54, 1.807) is 6.92 Å². The molecule has 0 spiro atoms. The molecule has 0 radical (unpaired) electrons. The van der Waals surface area contributed by atoms with Crippen molar-refractivity contribution in [1.82, 2.24) is 5.32 Å². The van der Waals surface area contributed by atoms with Crippen molar-refractivity contribution >= 4 is 22.0 Å². The molecule has 3 aliphatic heterocycles. The molecule has 3 aliphatic rings. The van der Waals surface area contributed by atoms with Crippen molar-refractivity contribution in [1.29, 1.82) is 0 Å². The van der Waals surface area contributed by atoms with Crippen molar-refractivity contribution in [3.05, 3.63) is 12.2 Å². The summed E-state index contributed by atoms with van der Waals surface area (Å²) >= 11 is 0. The molecule has 0 aromatic heterocycles. The van der Waals surface area contributed by atoms with Gasteiger partial charge in [0, 0.05) is 12.0 Å². The number of fused-ring (bicyclic) bond motifs is 1. The van der Waals surface area contributed by atoms with Crippen LogP contribution in [0.1, 0.15) is 20.3 Å². The number of amides is 1. The summed E-state index contributed by atoms with van der Waals surface area (Å²) in [5, 5.41) is 1.67. The maximum absolute atomic E-state index is 11.9. The number of carbonyl (C=O) groups excluding carboxylic acids is 2. The highest BCUT2D eigenvalue weighted by molar-refractivity contribution is 7.87. The largest absolute Gasteiger partial charge is 0.455 e. The molecule has 0 saturated carbocycles. The molecule has 0 aromatic rings. The van der Waals surface area contributed by atoms with Gasteiger partial charge in [0.2, 0.25) is 5.91 Å². The Kier molecular flexibility index (Phi) is 3.35. The van der Waals surface area contributed by atoms with Crippen LogP contribution in [0.2, 0.25) is 0 Å². The second kappa shape index (κ2) is 4.77. The molecule has 3 heterocycles. The monoisotopic (exact) mass is 331 g/mol. The summed E-state index contributed by atoms with van der Waals surface area (Å²) < 4.78 is 39.7. The van der Waals surface area contributed by atoms with Crippen molar-refractivity contribution in [3.63, 3.8) is 0 Å². The fourth-order valence-electron chi connectivity index (χ4n) is 3.21. The van der Waals surface area contributed by atoms with Crippen LogP contribution in [-0.4, -0.2) is 56.0 Å². The second-order valence-electron chi connectivity index (χ2n) is 6.06. The fourth-order valence-corrected chi connectivity index (χ4v) is 4.95. The fraction of sp³-hybridized carbons (Fsp3) is 0.692. The molecule has 22 heavy (non-hydrogen) atoms. The van der Waals surface area contributed by atoms with Crippen LogP contribution in [0, 0.1) is 0 Å². The van der Waals surface area contributed by atoms with Crippen LogP contribution in [0.25, 0.3) is 0 Å². The molecule has 8 nitrogen and oxygen atoms in total. The molecule has 3 rings (SSSR count). The molecular formula is C13H17NO7S. The van der Waals surface area contributed by atoms with Crippen molar-refractivity contribution in [2.24, 2.45) is 0 Å². The second-order valence-corrected chi connectivity index (χ2v) is 7.85. The first-order valence-electron chi connectivity index (χ1n) is 6.87. The van der Waals surface area contributed by atoms with E-state index in [9.17, 15) is 18.0 Å². The maximum atomic E-state index is 11.9. The SMILES string of the molecule is C=C(C)C(=O)NCC(=O)OC1C2OS(=O)(=O)C3CC1(C)OC23. The molecule has 1 N–H and O–H groups in total. The smallest absolute Gasteiger partial charge is 0.325 e. The lowest BCUT2D eigenvalue weighted by molar-refractivity contribution is -0.159. The maximum Gasteiger partial charge on any atom is 0.325 e. The summed E-state index contributed by atoms with van der Waals surface area (Å²) in [5.74, 6) is -1.13. The highest BCUT2D eigenvalue weighted by Gasteiger charge is 2.72. The van der Waals surface area contributed by atoms with Gasteiger partial charge < -0.3 is 14.8 Å². The molecule has 0 aliphatic carbocycles. The number of nitrogens with one attached hydrogen (secondary N) is 1. The lowest BCUT2D eigenvalue weighted by Gasteiger charge is -2.29. The molecule has 122 valence electrons. The Balaban J connectivity index is 1.66. The van der Waals surface area contributed by atoms with Crippen molar-refractivity contribution < 1.29 is 31.7 Å². The van der Waals surface area contributed by atoms with Crippen LogP contribution in [-0.2, 0) is 33.4 Å². The van der Waals surface area contributed by atoms with E-state index >= 15 is 0 Å². The Bertz CT molecular complexity index is 657. The van der Waals surface area contributed by atoms with Gasteiger partial charge in [-0.05, 0) is 13.8 Å². The van der Waals surface area contributed by atoms with Crippen molar-refractivity contribution in [3.8, 4) is 0 Å². The van der Waals surface area contributed by atoms with E-state index in [0.717, 1.165) is 0 Å². The zero-order valence-corrected chi connectivity index (χ0v) is 13.0. The van der Waals surface area contributed by atoms with Gasteiger partial charge in [-0.2, -0.15) is 8.42 Å². The highest BCUT2D eigenvalue weighted by atomic mass is 32.2. The first kappa shape index (κ1) is 15.4. The van der Waals surface area contributed by atoms with Gasteiger partial charge in [-0.3, -0.25) is 13.8 Å². The summed E-state index contributed by atoms with van der Waals surface area (Å²) in [6.07, 6.45) is -1.99. The van der Waals surface area contributed by atoms with Gasteiger partial charge in [0.1, 0.15) is 29.6 Å². The Morgan fingerprint density at radius 1 is 1.41 bits per heavy atom.